The van der Waals surface area contributed by atoms with Crippen molar-refractivity contribution in [1.82, 2.24) is 9.97 Å². The highest BCUT2D eigenvalue weighted by Crippen LogP contribution is 2.55. The average Bonchev–Trinajstić information content (AvgIpc) is 1.56. The molecule has 4 heterocycles. The molecular weight excluding hydrogens is 1270 g/mol. The molecule has 0 saturated carbocycles. The number of methoxy groups -OCH3 is 4. The van der Waals surface area contributed by atoms with Crippen molar-refractivity contribution in [2.45, 2.75) is 0 Å². The normalized spacial score (nSPS) is 13.5. The SMILES string of the molecule is COc1ccc(C2=C3N=C(C(c4ccccc4)=C3c3ccccc3)C(c3ccc(OC)cc3)=c3[nH]c(c(-c4ccccc4)c3-c3ccccc3)=C(c3ccc(OC)cc3)C3=NC(=C(c4ccc(OC)cc4)c4[nH]c2c(-c2ccccc2)c4-c2ccccc2)C(c2ccccc2)=C3c2ccccc2)cc1. The molecule has 8 heteroatoms. The topological polar surface area (TPSA) is 93.2 Å². The van der Waals surface area contributed by atoms with E-state index >= 15 is 0 Å². The first-order valence-corrected chi connectivity index (χ1v) is 34.9. The summed E-state index contributed by atoms with van der Waals surface area (Å²) in [7, 11) is 6.87. The zero-order valence-electron chi connectivity index (χ0n) is 57.9. The minimum Gasteiger partial charge on any atom is -0.497 e. The van der Waals surface area contributed by atoms with Crippen molar-refractivity contribution in [3.63, 3.8) is 0 Å². The van der Waals surface area contributed by atoms with Crippen LogP contribution >= 0.6 is 0 Å². The van der Waals surface area contributed by atoms with Crippen molar-refractivity contribution in [3.8, 4) is 67.5 Å². The van der Waals surface area contributed by atoms with Crippen LogP contribution in [0.5, 0.6) is 23.0 Å². The number of aromatic nitrogens is 2. The Morgan fingerprint density at radius 1 is 0.192 bits per heavy atom. The lowest BCUT2D eigenvalue weighted by molar-refractivity contribution is 0.414. The van der Waals surface area contributed by atoms with Gasteiger partial charge in [-0.3, -0.25) is 0 Å². The molecule has 8 bridgehead atoms. The molecule has 1 aliphatic carbocycles. The molecule has 0 unspecified atom stereocenters. The number of allylic oxidation sites excluding steroid dienone is 4. The van der Waals surface area contributed by atoms with Gasteiger partial charge in [0.2, 0.25) is 0 Å². The average molecular weight is 1340 g/mol. The van der Waals surface area contributed by atoms with Gasteiger partial charge in [0.05, 0.1) is 73.3 Å². The summed E-state index contributed by atoms with van der Waals surface area (Å²) in [6.45, 7) is 0. The Labute approximate surface area is 605 Å². The third kappa shape index (κ3) is 11.5. The van der Waals surface area contributed by atoms with Crippen LogP contribution < -0.4 is 29.6 Å². The molecular formula is C96H70N4O4. The van der Waals surface area contributed by atoms with Gasteiger partial charge in [0.1, 0.15) is 23.0 Å². The number of rotatable bonds is 16. The number of ether oxygens (including phenoxy) is 4. The molecule has 0 saturated heterocycles. The first-order valence-electron chi connectivity index (χ1n) is 34.9. The fourth-order valence-corrected chi connectivity index (χ4v) is 15.1. The standard InChI is InChI=1S/C96H70N4O4/c1-101-73-53-45-69(46-54-73)85-89-77(61-29-13-5-14-30-61)79(63-33-17-7-18-34-63)91(97-89)86(70-47-55-74(102-2)56-48-70)93-81(65-37-21-9-22-38-65)83(67-41-25-11-26-42-67)95(99-93)88(72-51-59-76(104-4)60-52-72)96-84(68-43-27-12-28-44-68)82(66-39-23-10-24-40-66)94(100-96)87(71-49-57-75(103-3)58-50-71)92-80(64-35-19-8-20-36-64)78(90(85)98-92)62-31-15-6-16-32-62/h5-60,97,100H,1-4H3. The summed E-state index contributed by atoms with van der Waals surface area (Å²) in [6.07, 6.45) is 0. The van der Waals surface area contributed by atoms with Crippen LogP contribution in [-0.4, -0.2) is 49.8 Å². The number of fused-ring (bicyclic) bond motifs is 10. The zero-order chi connectivity index (χ0) is 70.0. The number of H-pyrrole nitrogens is 2. The monoisotopic (exact) mass is 1340 g/mol. The van der Waals surface area contributed by atoms with Crippen molar-refractivity contribution in [3.05, 3.63) is 418 Å². The van der Waals surface area contributed by atoms with Crippen LogP contribution in [0, 0.1) is 0 Å². The number of hydrogen-bond acceptors (Lipinski definition) is 6. The van der Waals surface area contributed by atoms with Crippen LogP contribution in [-0.2, 0) is 0 Å². The fourth-order valence-electron chi connectivity index (χ4n) is 15.1. The molecule has 17 rings (SSSR count). The Balaban J connectivity index is 1.24. The molecule has 0 amide bonds. The zero-order valence-corrected chi connectivity index (χ0v) is 57.9. The van der Waals surface area contributed by atoms with E-state index in [4.69, 9.17) is 28.9 Å². The van der Waals surface area contributed by atoms with Crippen LogP contribution in [0.2, 0.25) is 0 Å². The van der Waals surface area contributed by atoms with Crippen LogP contribution in [0.4, 0.5) is 0 Å². The Hall–Kier alpha value is -13.6. The van der Waals surface area contributed by atoms with E-state index in [-0.39, 0.29) is 0 Å². The van der Waals surface area contributed by atoms with Gasteiger partial charge in [-0.25, -0.2) is 9.98 Å². The van der Waals surface area contributed by atoms with Gasteiger partial charge in [-0.15, -0.1) is 0 Å². The molecule has 3 aliphatic rings. The van der Waals surface area contributed by atoms with Gasteiger partial charge in [-0.2, -0.15) is 0 Å². The summed E-state index contributed by atoms with van der Waals surface area (Å²) in [6, 6.07) is 120. The van der Waals surface area contributed by atoms with E-state index in [1.165, 1.54) is 0 Å². The molecule has 14 aromatic rings. The van der Waals surface area contributed by atoms with Crippen molar-refractivity contribution in [2.24, 2.45) is 9.98 Å². The van der Waals surface area contributed by atoms with Crippen molar-refractivity contribution < 1.29 is 18.9 Å². The van der Waals surface area contributed by atoms with E-state index in [1.54, 1.807) is 28.4 Å². The second kappa shape index (κ2) is 27.9. The summed E-state index contributed by atoms with van der Waals surface area (Å²) in [5, 5.41) is 1.67. The van der Waals surface area contributed by atoms with E-state index in [0.717, 1.165) is 202 Å². The van der Waals surface area contributed by atoms with E-state index in [2.05, 4.69) is 350 Å². The van der Waals surface area contributed by atoms with Crippen LogP contribution in [0.3, 0.4) is 0 Å². The molecule has 104 heavy (non-hydrogen) atoms. The first kappa shape index (κ1) is 63.9. The fraction of sp³-hybridized carbons (Fsp3) is 0.0417. The molecule has 2 aliphatic heterocycles. The lowest BCUT2D eigenvalue weighted by Gasteiger charge is -2.17. The van der Waals surface area contributed by atoms with E-state index < -0.39 is 0 Å². The second-order valence-corrected chi connectivity index (χ2v) is 25.7. The molecule has 0 fully saturated rings. The van der Waals surface area contributed by atoms with Gasteiger partial charge >= 0.3 is 0 Å². The third-order valence-corrected chi connectivity index (χ3v) is 19.9. The molecule has 498 valence electrons. The Bertz CT molecular complexity index is 5520. The minimum absolute atomic E-state index is 0.717. The van der Waals surface area contributed by atoms with E-state index in [9.17, 15) is 0 Å². The van der Waals surface area contributed by atoms with Crippen LogP contribution in [0.25, 0.3) is 89.1 Å². The number of benzene rings is 12. The van der Waals surface area contributed by atoms with Crippen molar-refractivity contribution >= 4 is 56.0 Å². The number of nitrogens with one attached hydrogen (secondary N) is 2. The minimum atomic E-state index is 0.717. The molecule has 0 radical (unpaired) electrons. The van der Waals surface area contributed by atoms with Crippen LogP contribution in [0.15, 0.2) is 361 Å². The van der Waals surface area contributed by atoms with Gasteiger partial charge in [0.15, 0.2) is 0 Å². The number of aliphatic imine (C=N–C) groups is 2. The summed E-state index contributed by atoms with van der Waals surface area (Å²) < 4.78 is 24.2. The maximum Gasteiger partial charge on any atom is 0.118 e. The summed E-state index contributed by atoms with van der Waals surface area (Å²) in [4.78, 5) is 22.0. The van der Waals surface area contributed by atoms with Gasteiger partial charge in [-0.05, 0) is 115 Å². The Morgan fingerprint density at radius 2 is 0.404 bits per heavy atom. The molecule has 0 spiro atoms. The highest BCUT2D eigenvalue weighted by molar-refractivity contribution is 6.53. The quantitative estimate of drug-likeness (QED) is 0.101. The van der Waals surface area contributed by atoms with E-state index in [0.29, 0.717) is 0 Å². The first-order chi connectivity index (χ1) is 51.5. The Kier molecular flexibility index (Phi) is 17.1. The Morgan fingerprint density at radius 3 is 0.654 bits per heavy atom. The summed E-state index contributed by atoms with van der Waals surface area (Å²) >= 11 is 0. The molecule has 2 aromatic heterocycles. The number of hydrogen-bond donors (Lipinski definition) is 2. The predicted octanol–water partition coefficient (Wildman–Crippen LogP) is 20.8. The number of aromatic amines is 2. The number of nitrogens with zero attached hydrogens (tertiary/aromatic N) is 2. The molecule has 8 nitrogen and oxygen atoms in total. The second-order valence-electron chi connectivity index (χ2n) is 25.7. The van der Waals surface area contributed by atoms with Crippen LogP contribution in [0.1, 0.15) is 55.9 Å². The smallest absolute Gasteiger partial charge is 0.118 e. The van der Waals surface area contributed by atoms with Gasteiger partial charge in [0.25, 0.3) is 0 Å². The summed E-state index contributed by atoms with van der Waals surface area (Å²) in [5.41, 5.74) is 27.1. The maximum atomic E-state index is 6.52. The lowest BCUT2D eigenvalue weighted by atomic mass is 9.83. The highest BCUT2D eigenvalue weighted by Gasteiger charge is 2.39. The van der Waals surface area contributed by atoms with Crippen molar-refractivity contribution in [1.29, 1.82) is 0 Å². The molecule has 0 atom stereocenters. The van der Waals surface area contributed by atoms with Gasteiger partial charge in [0, 0.05) is 66.8 Å². The predicted molar refractivity (Wildman–Crippen MR) is 426 cm³/mol. The largest absolute Gasteiger partial charge is 0.497 e. The molecule has 2 N–H and O–H groups in total. The molecule has 12 aromatic carbocycles. The van der Waals surface area contributed by atoms with Crippen molar-refractivity contribution in [2.75, 3.05) is 28.4 Å². The van der Waals surface area contributed by atoms with E-state index in [1.807, 2.05) is 0 Å². The third-order valence-electron chi connectivity index (χ3n) is 19.9. The van der Waals surface area contributed by atoms with Gasteiger partial charge in [-0.1, -0.05) is 291 Å². The highest BCUT2D eigenvalue weighted by atomic mass is 16.5. The maximum absolute atomic E-state index is 6.52. The lowest BCUT2D eigenvalue weighted by Crippen LogP contribution is -2.23. The summed E-state index contributed by atoms with van der Waals surface area (Å²) in [5.74, 6) is 2.87. The van der Waals surface area contributed by atoms with Gasteiger partial charge < -0.3 is 28.9 Å².